The number of aliphatic carboxylic acids is 1. The van der Waals surface area contributed by atoms with Crippen LogP contribution >= 0.6 is 0 Å². The molecule has 0 saturated heterocycles. The minimum Gasteiger partial charge on any atom is -0.490 e. The Bertz CT molecular complexity index is 1200. The molecular formula is C23H21F2NO6S. The number of carbonyl (C=O) groups is 1. The van der Waals surface area contributed by atoms with Gasteiger partial charge in [0, 0.05) is 12.1 Å². The molecule has 33 heavy (non-hydrogen) atoms. The molecule has 0 amide bonds. The maximum atomic E-state index is 13.8. The normalized spacial score (nSPS) is 11.1. The number of rotatable bonds is 11. The van der Waals surface area contributed by atoms with Crippen LogP contribution in [0.15, 0.2) is 71.6 Å². The number of sulfonamides is 1. The van der Waals surface area contributed by atoms with Crippen LogP contribution in [0.1, 0.15) is 12.0 Å². The maximum Gasteiger partial charge on any atom is 0.303 e. The number of para-hydroxylation sites is 1. The largest absolute Gasteiger partial charge is 0.490 e. The smallest absolute Gasteiger partial charge is 0.303 e. The molecule has 0 aliphatic heterocycles. The van der Waals surface area contributed by atoms with Gasteiger partial charge in [0.25, 0.3) is 10.0 Å². The third kappa shape index (κ3) is 6.66. The van der Waals surface area contributed by atoms with E-state index in [0.29, 0.717) is 17.9 Å². The fourth-order valence-electron chi connectivity index (χ4n) is 2.97. The van der Waals surface area contributed by atoms with Crippen molar-refractivity contribution in [2.24, 2.45) is 0 Å². The summed E-state index contributed by atoms with van der Waals surface area (Å²) in [7, 11) is -4.45. The molecule has 10 heteroatoms. The third-order valence-corrected chi connectivity index (χ3v) is 5.92. The van der Waals surface area contributed by atoms with E-state index in [9.17, 15) is 22.0 Å². The zero-order valence-corrected chi connectivity index (χ0v) is 18.1. The zero-order chi connectivity index (χ0) is 23.8. The predicted octanol–water partition coefficient (Wildman–Crippen LogP) is 4.24. The molecule has 0 radical (unpaired) electrons. The molecule has 0 bridgehead atoms. The summed E-state index contributed by atoms with van der Waals surface area (Å²) in [5.74, 6) is -2.26. The molecule has 2 N–H and O–H groups in total. The van der Waals surface area contributed by atoms with Crippen LogP contribution in [0.4, 0.5) is 14.5 Å². The van der Waals surface area contributed by atoms with Gasteiger partial charge in [0.2, 0.25) is 0 Å². The summed E-state index contributed by atoms with van der Waals surface area (Å²) in [5, 5.41) is 8.84. The van der Waals surface area contributed by atoms with Gasteiger partial charge in [0.1, 0.15) is 36.3 Å². The van der Waals surface area contributed by atoms with Gasteiger partial charge in [-0.3, -0.25) is 9.52 Å². The maximum absolute atomic E-state index is 13.8. The van der Waals surface area contributed by atoms with Crippen molar-refractivity contribution in [3.8, 4) is 11.5 Å². The standard InChI is InChI=1S/C23H21F2NO6S/c24-19-5-3-6-20(25)23(19)33(29,30)26-17-9-11-18(12-10-17)31-14-15-32-21-7-2-1-4-16(21)8-13-22(27)28/h1-7,9-12,26H,8,13-15H2,(H,27,28). The highest BCUT2D eigenvalue weighted by Gasteiger charge is 2.23. The summed E-state index contributed by atoms with van der Waals surface area (Å²) in [5.41, 5.74) is 0.886. The van der Waals surface area contributed by atoms with E-state index in [2.05, 4.69) is 4.72 Å². The zero-order valence-electron chi connectivity index (χ0n) is 17.3. The average Bonchev–Trinajstić information content (AvgIpc) is 2.76. The lowest BCUT2D eigenvalue weighted by atomic mass is 10.1. The third-order valence-electron chi connectivity index (χ3n) is 4.48. The van der Waals surface area contributed by atoms with Crippen LogP contribution in [-0.4, -0.2) is 32.7 Å². The molecule has 0 unspecified atom stereocenters. The molecule has 0 heterocycles. The van der Waals surface area contributed by atoms with E-state index in [1.54, 1.807) is 24.3 Å². The highest BCUT2D eigenvalue weighted by molar-refractivity contribution is 7.92. The number of hydrogen-bond donors (Lipinski definition) is 2. The topological polar surface area (TPSA) is 102 Å². The second kappa shape index (κ2) is 10.8. The number of benzene rings is 3. The molecule has 174 valence electrons. The Hall–Kier alpha value is -3.66. The van der Waals surface area contributed by atoms with E-state index in [0.717, 1.165) is 23.8 Å². The first-order chi connectivity index (χ1) is 15.8. The fourth-order valence-corrected chi connectivity index (χ4v) is 4.17. The van der Waals surface area contributed by atoms with Crippen LogP contribution < -0.4 is 14.2 Å². The van der Waals surface area contributed by atoms with Crippen molar-refractivity contribution in [1.82, 2.24) is 0 Å². The Morgan fingerprint density at radius 1 is 0.879 bits per heavy atom. The van der Waals surface area contributed by atoms with Gasteiger partial charge in [-0.2, -0.15) is 0 Å². The van der Waals surface area contributed by atoms with Crippen LogP contribution in [0.3, 0.4) is 0 Å². The molecule has 3 rings (SSSR count). The van der Waals surface area contributed by atoms with Crippen molar-refractivity contribution >= 4 is 21.7 Å². The lowest BCUT2D eigenvalue weighted by Crippen LogP contribution is -2.16. The Balaban J connectivity index is 1.53. The molecule has 0 saturated carbocycles. The number of carboxylic acids is 1. The number of aryl methyl sites for hydroxylation is 1. The molecule has 3 aromatic carbocycles. The summed E-state index contributed by atoms with van der Waals surface area (Å²) in [6, 6.07) is 15.7. The second-order valence-electron chi connectivity index (χ2n) is 6.88. The van der Waals surface area contributed by atoms with Crippen molar-refractivity contribution in [3.63, 3.8) is 0 Å². The first-order valence-electron chi connectivity index (χ1n) is 9.88. The second-order valence-corrected chi connectivity index (χ2v) is 8.50. The highest BCUT2D eigenvalue weighted by atomic mass is 32.2. The van der Waals surface area contributed by atoms with Crippen LogP contribution in [-0.2, 0) is 21.2 Å². The number of hydrogen-bond acceptors (Lipinski definition) is 5. The van der Waals surface area contributed by atoms with Gasteiger partial charge in [0.15, 0.2) is 4.90 Å². The predicted molar refractivity (Wildman–Crippen MR) is 117 cm³/mol. The summed E-state index contributed by atoms with van der Waals surface area (Å²) in [4.78, 5) is 9.72. The van der Waals surface area contributed by atoms with E-state index >= 15 is 0 Å². The van der Waals surface area contributed by atoms with Gasteiger partial charge < -0.3 is 14.6 Å². The van der Waals surface area contributed by atoms with E-state index < -0.39 is 32.5 Å². The summed E-state index contributed by atoms with van der Waals surface area (Å²) < 4.78 is 65.6. The lowest BCUT2D eigenvalue weighted by molar-refractivity contribution is -0.136. The first kappa shape index (κ1) is 24.0. The first-order valence-corrected chi connectivity index (χ1v) is 11.4. The van der Waals surface area contributed by atoms with Crippen molar-refractivity contribution in [2.45, 2.75) is 17.7 Å². The minimum absolute atomic E-state index is 0.00344. The Morgan fingerprint density at radius 3 is 2.18 bits per heavy atom. The quantitative estimate of drug-likeness (QED) is 0.401. The van der Waals surface area contributed by atoms with Gasteiger partial charge in [-0.1, -0.05) is 24.3 Å². The number of halogens is 2. The monoisotopic (exact) mass is 477 g/mol. The van der Waals surface area contributed by atoms with Crippen LogP contribution in [0.5, 0.6) is 11.5 Å². The molecule has 0 spiro atoms. The van der Waals surface area contributed by atoms with Crippen molar-refractivity contribution < 1.29 is 36.6 Å². The summed E-state index contributed by atoms with van der Waals surface area (Å²) in [6.45, 7) is 0.379. The molecule has 7 nitrogen and oxygen atoms in total. The van der Waals surface area contributed by atoms with Crippen LogP contribution in [0.2, 0.25) is 0 Å². The Kier molecular flexibility index (Phi) is 7.83. The molecule has 0 atom stereocenters. The SMILES string of the molecule is O=C(O)CCc1ccccc1OCCOc1ccc(NS(=O)(=O)c2c(F)cccc2F)cc1. The number of carboxylic acid groups (broad SMARTS) is 1. The van der Waals surface area contributed by atoms with Gasteiger partial charge in [0.05, 0.1) is 0 Å². The molecule has 0 fully saturated rings. The lowest BCUT2D eigenvalue weighted by Gasteiger charge is -2.12. The van der Waals surface area contributed by atoms with Gasteiger partial charge in [-0.05, 0) is 54.4 Å². The summed E-state index contributed by atoms with van der Waals surface area (Å²) >= 11 is 0. The van der Waals surface area contributed by atoms with Gasteiger partial charge >= 0.3 is 5.97 Å². The average molecular weight is 477 g/mol. The Labute approximate surface area is 189 Å². The number of nitrogens with one attached hydrogen (secondary N) is 1. The van der Waals surface area contributed by atoms with Crippen molar-refractivity contribution in [3.05, 3.63) is 83.9 Å². The molecule has 0 aliphatic rings. The van der Waals surface area contributed by atoms with E-state index in [1.807, 2.05) is 0 Å². The molecule has 3 aromatic rings. The summed E-state index contributed by atoms with van der Waals surface area (Å²) in [6.07, 6.45) is 0.344. The molecule has 0 aromatic heterocycles. The molecule has 0 aliphatic carbocycles. The minimum atomic E-state index is -4.45. The van der Waals surface area contributed by atoms with Crippen molar-refractivity contribution in [1.29, 1.82) is 0 Å². The van der Waals surface area contributed by atoms with Gasteiger partial charge in [-0.25, -0.2) is 17.2 Å². The van der Waals surface area contributed by atoms with Crippen molar-refractivity contribution in [2.75, 3.05) is 17.9 Å². The van der Waals surface area contributed by atoms with E-state index in [-0.39, 0.29) is 25.3 Å². The van der Waals surface area contributed by atoms with Crippen LogP contribution in [0.25, 0.3) is 0 Å². The van der Waals surface area contributed by atoms with E-state index in [4.69, 9.17) is 14.6 Å². The molecular weight excluding hydrogens is 456 g/mol. The number of anilines is 1. The van der Waals surface area contributed by atoms with Gasteiger partial charge in [-0.15, -0.1) is 0 Å². The Morgan fingerprint density at radius 2 is 1.52 bits per heavy atom. The van der Waals surface area contributed by atoms with E-state index in [1.165, 1.54) is 24.3 Å². The fraction of sp³-hybridized carbons (Fsp3) is 0.174. The number of ether oxygens (including phenoxy) is 2. The highest BCUT2D eigenvalue weighted by Crippen LogP contribution is 2.23. The van der Waals surface area contributed by atoms with Crippen LogP contribution in [0, 0.1) is 11.6 Å².